The van der Waals surface area contributed by atoms with E-state index in [9.17, 15) is 9.59 Å². The summed E-state index contributed by atoms with van der Waals surface area (Å²) in [5, 5.41) is 7.45. The lowest BCUT2D eigenvalue weighted by Gasteiger charge is -2.05. The van der Waals surface area contributed by atoms with E-state index >= 15 is 0 Å². The number of anilines is 1. The second-order valence-corrected chi connectivity index (χ2v) is 6.12. The molecule has 0 aliphatic carbocycles. The van der Waals surface area contributed by atoms with Crippen molar-refractivity contribution in [1.29, 1.82) is 0 Å². The highest BCUT2D eigenvalue weighted by Gasteiger charge is 2.13. The minimum Gasteiger partial charge on any atom is -0.318 e. The SMILES string of the molecule is CCc1ccc(NC(=O)C(=O)N/N=C/c2cc3ccccc3nc2Cl)cc1. The van der Waals surface area contributed by atoms with Crippen molar-refractivity contribution in [3.05, 3.63) is 70.9 Å². The summed E-state index contributed by atoms with van der Waals surface area (Å²) in [6.45, 7) is 2.04. The van der Waals surface area contributed by atoms with Gasteiger partial charge in [0.25, 0.3) is 0 Å². The van der Waals surface area contributed by atoms with E-state index < -0.39 is 11.8 Å². The van der Waals surface area contributed by atoms with Crippen LogP contribution < -0.4 is 10.7 Å². The van der Waals surface area contributed by atoms with Crippen molar-refractivity contribution in [2.24, 2.45) is 5.10 Å². The number of aromatic nitrogens is 1. The van der Waals surface area contributed by atoms with E-state index in [-0.39, 0.29) is 5.15 Å². The van der Waals surface area contributed by atoms with Gasteiger partial charge < -0.3 is 5.32 Å². The van der Waals surface area contributed by atoms with Gasteiger partial charge in [-0.05, 0) is 36.2 Å². The van der Waals surface area contributed by atoms with Gasteiger partial charge in [0.2, 0.25) is 0 Å². The molecule has 2 N–H and O–H groups in total. The van der Waals surface area contributed by atoms with Crippen molar-refractivity contribution in [3.8, 4) is 0 Å². The van der Waals surface area contributed by atoms with Crippen LogP contribution in [0.25, 0.3) is 10.9 Å². The Morgan fingerprint density at radius 3 is 2.59 bits per heavy atom. The van der Waals surface area contributed by atoms with Crippen molar-refractivity contribution in [3.63, 3.8) is 0 Å². The number of rotatable bonds is 4. The zero-order valence-electron chi connectivity index (χ0n) is 14.6. The molecule has 136 valence electrons. The lowest BCUT2D eigenvalue weighted by Crippen LogP contribution is -2.32. The Balaban J connectivity index is 1.62. The number of amides is 2. The highest BCUT2D eigenvalue weighted by atomic mass is 35.5. The van der Waals surface area contributed by atoms with Crippen molar-refractivity contribution < 1.29 is 9.59 Å². The van der Waals surface area contributed by atoms with Gasteiger partial charge >= 0.3 is 11.8 Å². The Morgan fingerprint density at radius 2 is 1.85 bits per heavy atom. The smallest absolute Gasteiger partial charge is 0.318 e. The predicted molar refractivity (Wildman–Crippen MR) is 107 cm³/mol. The molecule has 3 aromatic rings. The van der Waals surface area contributed by atoms with Gasteiger partial charge in [0.05, 0.1) is 11.7 Å². The van der Waals surface area contributed by atoms with E-state index in [0.29, 0.717) is 11.3 Å². The quantitative estimate of drug-likeness (QED) is 0.314. The standard InChI is InChI=1S/C20H17ClN4O2/c1-2-13-7-9-16(10-8-13)23-19(26)20(27)25-22-12-15-11-14-5-3-4-6-17(14)24-18(15)21/h3-12H,2H2,1H3,(H,23,26)(H,25,27)/b22-12+. The summed E-state index contributed by atoms with van der Waals surface area (Å²) < 4.78 is 0. The number of carbonyl (C=O) groups excluding carboxylic acids is 2. The van der Waals surface area contributed by atoms with E-state index in [2.05, 4.69) is 20.8 Å². The molecule has 0 saturated heterocycles. The molecule has 27 heavy (non-hydrogen) atoms. The number of aryl methyl sites for hydroxylation is 1. The van der Waals surface area contributed by atoms with Crippen LogP contribution >= 0.6 is 11.6 Å². The van der Waals surface area contributed by atoms with Crippen LogP contribution in [-0.2, 0) is 16.0 Å². The fraction of sp³-hybridized carbons (Fsp3) is 0.100. The van der Waals surface area contributed by atoms with E-state index in [1.165, 1.54) is 6.21 Å². The maximum absolute atomic E-state index is 11.9. The van der Waals surface area contributed by atoms with Gasteiger partial charge in [0.15, 0.2) is 0 Å². The third-order valence-electron chi connectivity index (χ3n) is 3.90. The summed E-state index contributed by atoms with van der Waals surface area (Å²) >= 11 is 6.12. The number of fused-ring (bicyclic) bond motifs is 1. The van der Waals surface area contributed by atoms with Crippen LogP contribution in [0.4, 0.5) is 5.69 Å². The van der Waals surface area contributed by atoms with Gasteiger partial charge in [-0.3, -0.25) is 9.59 Å². The lowest BCUT2D eigenvalue weighted by molar-refractivity contribution is -0.136. The summed E-state index contributed by atoms with van der Waals surface area (Å²) in [6, 6.07) is 16.6. The summed E-state index contributed by atoms with van der Waals surface area (Å²) in [7, 11) is 0. The zero-order valence-corrected chi connectivity index (χ0v) is 15.3. The number of benzene rings is 2. The number of nitrogens with one attached hydrogen (secondary N) is 2. The van der Waals surface area contributed by atoms with E-state index in [1.807, 2.05) is 43.3 Å². The lowest BCUT2D eigenvalue weighted by atomic mass is 10.1. The molecule has 0 spiro atoms. The van der Waals surface area contributed by atoms with E-state index in [1.54, 1.807) is 18.2 Å². The summed E-state index contributed by atoms with van der Waals surface area (Å²) in [5.74, 6) is -1.69. The Kier molecular flexibility index (Phi) is 5.78. The normalized spacial score (nSPS) is 10.9. The van der Waals surface area contributed by atoms with Crippen molar-refractivity contribution in [2.45, 2.75) is 13.3 Å². The summed E-state index contributed by atoms with van der Waals surface area (Å²) in [4.78, 5) is 28.0. The molecular formula is C20H17ClN4O2. The molecule has 3 rings (SSSR count). The molecule has 2 aromatic carbocycles. The number of pyridine rings is 1. The number of halogens is 1. The average Bonchev–Trinajstić information content (AvgIpc) is 2.68. The van der Waals surface area contributed by atoms with Crippen LogP contribution in [0.1, 0.15) is 18.1 Å². The van der Waals surface area contributed by atoms with Crippen LogP contribution in [0.2, 0.25) is 5.15 Å². The molecule has 0 atom stereocenters. The fourth-order valence-electron chi connectivity index (χ4n) is 2.42. The molecular weight excluding hydrogens is 364 g/mol. The molecule has 0 radical (unpaired) electrons. The van der Waals surface area contributed by atoms with Crippen LogP contribution in [0, 0.1) is 0 Å². The van der Waals surface area contributed by atoms with Crippen molar-refractivity contribution in [2.75, 3.05) is 5.32 Å². The molecule has 0 bridgehead atoms. The second kappa shape index (κ2) is 8.42. The molecule has 2 amide bonds. The third-order valence-corrected chi connectivity index (χ3v) is 4.20. The van der Waals surface area contributed by atoms with Crippen molar-refractivity contribution >= 4 is 46.2 Å². The van der Waals surface area contributed by atoms with Crippen LogP contribution in [0.15, 0.2) is 59.7 Å². The Labute approximate surface area is 161 Å². The first-order valence-corrected chi connectivity index (χ1v) is 8.73. The average molecular weight is 381 g/mol. The maximum Gasteiger partial charge on any atom is 0.329 e. The Bertz CT molecular complexity index is 1020. The highest BCUT2D eigenvalue weighted by Crippen LogP contribution is 2.18. The minimum absolute atomic E-state index is 0.257. The second-order valence-electron chi connectivity index (χ2n) is 5.76. The molecule has 0 saturated carbocycles. The number of hydrazone groups is 1. The topological polar surface area (TPSA) is 83.5 Å². The molecule has 1 heterocycles. The highest BCUT2D eigenvalue weighted by molar-refractivity contribution is 6.39. The fourth-order valence-corrected chi connectivity index (χ4v) is 2.62. The minimum atomic E-state index is -0.879. The van der Waals surface area contributed by atoms with Gasteiger partial charge in [-0.25, -0.2) is 10.4 Å². The number of hydrogen-bond donors (Lipinski definition) is 2. The Morgan fingerprint density at radius 1 is 1.11 bits per heavy atom. The third kappa shape index (κ3) is 4.68. The summed E-state index contributed by atoms with van der Waals surface area (Å²) in [6.07, 6.45) is 2.25. The van der Waals surface area contributed by atoms with Crippen LogP contribution in [0.5, 0.6) is 0 Å². The number of carbonyl (C=O) groups is 2. The van der Waals surface area contributed by atoms with Gasteiger partial charge in [-0.2, -0.15) is 5.10 Å². The molecule has 0 aliphatic rings. The number of hydrogen-bond acceptors (Lipinski definition) is 4. The molecule has 7 heteroatoms. The van der Waals surface area contributed by atoms with Crippen LogP contribution in [-0.4, -0.2) is 23.0 Å². The van der Waals surface area contributed by atoms with Crippen LogP contribution in [0.3, 0.4) is 0 Å². The van der Waals surface area contributed by atoms with Gasteiger partial charge in [-0.15, -0.1) is 0 Å². The molecule has 0 fully saturated rings. The van der Waals surface area contributed by atoms with E-state index in [4.69, 9.17) is 11.6 Å². The first-order chi connectivity index (χ1) is 13.1. The van der Waals surface area contributed by atoms with Gasteiger partial charge in [0.1, 0.15) is 5.15 Å². The number of nitrogens with zero attached hydrogens (tertiary/aromatic N) is 2. The maximum atomic E-state index is 11.9. The molecule has 6 nitrogen and oxygen atoms in total. The number of para-hydroxylation sites is 1. The summed E-state index contributed by atoms with van der Waals surface area (Å²) in [5.41, 5.74) is 5.16. The monoisotopic (exact) mass is 380 g/mol. The first-order valence-electron chi connectivity index (χ1n) is 8.35. The largest absolute Gasteiger partial charge is 0.329 e. The molecule has 0 aliphatic heterocycles. The predicted octanol–water partition coefficient (Wildman–Crippen LogP) is 3.54. The molecule has 0 unspecified atom stereocenters. The van der Waals surface area contributed by atoms with Gasteiger partial charge in [-0.1, -0.05) is 48.9 Å². The molecule has 1 aromatic heterocycles. The Hall–Kier alpha value is -3.25. The van der Waals surface area contributed by atoms with Gasteiger partial charge in [0, 0.05) is 16.6 Å². The first kappa shape index (κ1) is 18.5. The van der Waals surface area contributed by atoms with Crippen molar-refractivity contribution in [1.82, 2.24) is 10.4 Å². The zero-order chi connectivity index (χ0) is 19.2. The van der Waals surface area contributed by atoms with E-state index in [0.717, 1.165) is 22.9 Å².